The normalized spacial score (nSPS) is 15.7. The molecule has 0 aliphatic carbocycles. The lowest BCUT2D eigenvalue weighted by Gasteiger charge is -2.31. The van der Waals surface area contributed by atoms with Crippen LogP contribution >= 0.6 is 0 Å². The summed E-state index contributed by atoms with van der Waals surface area (Å²) in [5.41, 5.74) is 2.27. The second-order valence-electron chi connectivity index (χ2n) is 8.13. The number of aromatic amines is 1. The van der Waals surface area contributed by atoms with E-state index in [0.717, 1.165) is 38.0 Å². The molecule has 0 radical (unpaired) electrons. The van der Waals surface area contributed by atoms with Crippen LogP contribution in [0.5, 0.6) is 5.75 Å². The first-order valence-corrected chi connectivity index (χ1v) is 11.1. The average Bonchev–Trinajstić information content (AvgIpc) is 3.24. The molecule has 0 atom stereocenters. The van der Waals surface area contributed by atoms with E-state index in [2.05, 4.69) is 32.3 Å². The largest absolute Gasteiger partial charge is 0.494 e. The Balaban J connectivity index is 1.58. The topological polar surface area (TPSA) is 89.9 Å². The lowest BCUT2D eigenvalue weighted by atomic mass is 10.0. The number of methoxy groups -OCH3 is 1. The Bertz CT molecular complexity index is 1170. The minimum absolute atomic E-state index is 0.0186. The molecule has 1 fully saturated rings. The van der Waals surface area contributed by atoms with Crippen molar-refractivity contribution < 1.29 is 13.5 Å². The number of H-pyrrole nitrogens is 1. The zero-order valence-corrected chi connectivity index (χ0v) is 18.8. The van der Waals surface area contributed by atoms with E-state index in [4.69, 9.17) is 10.1 Å². The van der Waals surface area contributed by atoms with Gasteiger partial charge in [-0.05, 0) is 37.6 Å². The first-order valence-electron chi connectivity index (χ1n) is 11.1. The molecule has 0 saturated carbocycles. The van der Waals surface area contributed by atoms with Gasteiger partial charge in [-0.3, -0.25) is 5.10 Å². The Morgan fingerprint density at radius 3 is 2.82 bits per heavy atom. The third kappa shape index (κ3) is 4.88. The van der Waals surface area contributed by atoms with E-state index in [1.165, 1.54) is 25.5 Å². The van der Waals surface area contributed by atoms with Crippen LogP contribution in [0.2, 0.25) is 0 Å². The highest BCUT2D eigenvalue weighted by molar-refractivity contribution is 6.08. The van der Waals surface area contributed by atoms with E-state index in [1.807, 2.05) is 12.3 Å². The molecule has 7 nitrogen and oxygen atoms in total. The van der Waals surface area contributed by atoms with Crippen LogP contribution in [0.1, 0.15) is 36.6 Å². The van der Waals surface area contributed by atoms with Crippen LogP contribution < -0.4 is 10.1 Å². The van der Waals surface area contributed by atoms with Crippen LogP contribution in [0.15, 0.2) is 30.6 Å². The number of piperidine rings is 1. The average molecular weight is 455 g/mol. The first-order chi connectivity index (χ1) is 16.0. The molecule has 1 aliphatic heterocycles. The fraction of sp³-hybridized carbons (Fsp3) is 0.375. The molecular formula is C24H28F2N6O. The van der Waals surface area contributed by atoms with E-state index in [-0.39, 0.29) is 17.7 Å². The molecule has 174 valence electrons. The molecule has 4 rings (SSSR count). The van der Waals surface area contributed by atoms with Crippen molar-refractivity contribution in [2.75, 3.05) is 26.7 Å². The number of nitrogens with one attached hydrogen (secondary N) is 3. The van der Waals surface area contributed by atoms with Crippen molar-refractivity contribution in [3.63, 3.8) is 0 Å². The monoisotopic (exact) mass is 454 g/mol. The molecule has 0 bridgehead atoms. The van der Waals surface area contributed by atoms with Gasteiger partial charge in [0.2, 0.25) is 0 Å². The highest BCUT2D eigenvalue weighted by Gasteiger charge is 2.19. The minimum atomic E-state index is -0.740. The molecule has 9 heteroatoms. The lowest BCUT2D eigenvalue weighted by molar-refractivity contribution is 0.213. The molecule has 3 heterocycles. The summed E-state index contributed by atoms with van der Waals surface area (Å²) in [4.78, 5) is 6.82. The number of halogens is 2. The molecule has 1 aromatic carbocycles. The van der Waals surface area contributed by atoms with Gasteiger partial charge < -0.3 is 20.4 Å². The van der Waals surface area contributed by atoms with Crippen molar-refractivity contribution in [2.45, 2.75) is 32.2 Å². The number of hydrogen-bond donors (Lipinski definition) is 3. The Morgan fingerprint density at radius 1 is 1.33 bits per heavy atom. The molecule has 2 aromatic heterocycles. The Hall–Kier alpha value is -3.33. The van der Waals surface area contributed by atoms with Crippen molar-refractivity contribution in [2.24, 2.45) is 0 Å². The molecule has 0 unspecified atom stereocenters. The molecular weight excluding hydrogens is 426 g/mol. The van der Waals surface area contributed by atoms with Gasteiger partial charge in [-0.2, -0.15) is 5.10 Å². The van der Waals surface area contributed by atoms with E-state index >= 15 is 0 Å². The van der Waals surface area contributed by atoms with Crippen molar-refractivity contribution in [3.8, 4) is 5.75 Å². The van der Waals surface area contributed by atoms with Crippen LogP contribution in [0.4, 0.5) is 8.78 Å². The fourth-order valence-corrected chi connectivity index (χ4v) is 4.14. The zero-order chi connectivity index (χ0) is 23.4. The SMILES string of the molecule is CCN1CCC(N/C=C(\C=N)c2cnc3[nH]nc(Cc4c(F)ccc(OC)c4F)c3c2)CC1. The van der Waals surface area contributed by atoms with Crippen molar-refractivity contribution >= 4 is 22.8 Å². The van der Waals surface area contributed by atoms with Crippen LogP contribution in [-0.4, -0.2) is 59.1 Å². The zero-order valence-electron chi connectivity index (χ0n) is 18.8. The maximum absolute atomic E-state index is 14.6. The maximum Gasteiger partial charge on any atom is 0.171 e. The Morgan fingerprint density at radius 2 is 2.12 bits per heavy atom. The fourth-order valence-electron chi connectivity index (χ4n) is 4.14. The Labute approximate surface area is 191 Å². The van der Waals surface area contributed by atoms with Crippen LogP contribution in [0.25, 0.3) is 16.6 Å². The number of rotatable bonds is 8. The second-order valence-corrected chi connectivity index (χ2v) is 8.13. The molecule has 33 heavy (non-hydrogen) atoms. The molecule has 0 spiro atoms. The summed E-state index contributed by atoms with van der Waals surface area (Å²) in [7, 11) is 1.34. The van der Waals surface area contributed by atoms with Gasteiger partial charge in [0, 0.05) is 66.2 Å². The highest BCUT2D eigenvalue weighted by Crippen LogP contribution is 2.27. The van der Waals surface area contributed by atoms with Gasteiger partial charge in [0.05, 0.1) is 12.8 Å². The highest BCUT2D eigenvalue weighted by atomic mass is 19.1. The predicted molar refractivity (Wildman–Crippen MR) is 125 cm³/mol. The van der Waals surface area contributed by atoms with Gasteiger partial charge in [0.25, 0.3) is 0 Å². The lowest BCUT2D eigenvalue weighted by Crippen LogP contribution is -2.40. The number of benzene rings is 1. The van der Waals surface area contributed by atoms with E-state index < -0.39 is 11.6 Å². The number of likely N-dealkylation sites (tertiary alicyclic amines) is 1. The second kappa shape index (κ2) is 10.1. The summed E-state index contributed by atoms with van der Waals surface area (Å²) in [5, 5.41) is 19.0. The summed E-state index contributed by atoms with van der Waals surface area (Å²) in [6.45, 7) is 5.36. The summed E-state index contributed by atoms with van der Waals surface area (Å²) >= 11 is 0. The molecule has 3 aromatic rings. The summed E-state index contributed by atoms with van der Waals surface area (Å²) in [6, 6.07) is 4.65. The number of hydrogen-bond acceptors (Lipinski definition) is 6. The van der Waals surface area contributed by atoms with Gasteiger partial charge in [0.1, 0.15) is 5.82 Å². The van der Waals surface area contributed by atoms with Crippen LogP contribution in [0.3, 0.4) is 0 Å². The van der Waals surface area contributed by atoms with E-state index in [9.17, 15) is 8.78 Å². The quantitative estimate of drug-likeness (QED) is 0.449. The number of fused-ring (bicyclic) bond motifs is 1. The summed E-state index contributed by atoms with van der Waals surface area (Å²) in [6.07, 6.45) is 6.83. The number of pyridine rings is 1. The number of ether oxygens (including phenoxy) is 1. The smallest absolute Gasteiger partial charge is 0.171 e. The van der Waals surface area contributed by atoms with Crippen LogP contribution in [-0.2, 0) is 6.42 Å². The van der Waals surface area contributed by atoms with Crippen molar-refractivity contribution in [1.29, 1.82) is 5.41 Å². The van der Waals surface area contributed by atoms with Crippen molar-refractivity contribution in [1.82, 2.24) is 25.4 Å². The molecule has 3 N–H and O–H groups in total. The minimum Gasteiger partial charge on any atom is -0.494 e. The van der Waals surface area contributed by atoms with Crippen molar-refractivity contribution in [3.05, 3.63) is 59.1 Å². The van der Waals surface area contributed by atoms with Gasteiger partial charge >= 0.3 is 0 Å². The van der Waals surface area contributed by atoms with Gasteiger partial charge in [-0.15, -0.1) is 0 Å². The maximum atomic E-state index is 14.6. The number of allylic oxidation sites excluding steroid dienone is 1. The van der Waals surface area contributed by atoms with Gasteiger partial charge in [0.15, 0.2) is 17.2 Å². The van der Waals surface area contributed by atoms with E-state index in [1.54, 1.807) is 6.20 Å². The number of aromatic nitrogens is 3. The predicted octanol–water partition coefficient (Wildman–Crippen LogP) is 3.90. The van der Waals surface area contributed by atoms with Gasteiger partial charge in [-0.1, -0.05) is 6.92 Å². The molecule has 0 amide bonds. The Kier molecular flexibility index (Phi) is 6.98. The molecule has 1 aliphatic rings. The molecule has 1 saturated heterocycles. The standard InChI is InChI=1S/C24H28F2N6O/c1-3-32-8-6-17(7-9-32)28-14-16(12-27)15-10-19-21(30-31-24(19)29-13-15)11-18-20(25)4-5-22(33-2)23(18)26/h4-5,10,12-14,17,27-28H,3,6-9,11H2,1-2H3,(H,29,30,31)/b16-14+,27-12?. The summed E-state index contributed by atoms with van der Waals surface area (Å²) < 4.78 is 34.0. The van der Waals surface area contributed by atoms with E-state index in [0.29, 0.717) is 28.3 Å². The number of nitrogens with zero attached hydrogens (tertiary/aromatic N) is 3. The first kappa shape index (κ1) is 22.8. The van der Waals surface area contributed by atoms with Crippen LogP contribution in [0, 0.1) is 17.0 Å². The third-order valence-corrected chi connectivity index (χ3v) is 6.21. The third-order valence-electron chi connectivity index (χ3n) is 6.21. The summed E-state index contributed by atoms with van der Waals surface area (Å²) in [5.74, 6) is -1.42. The van der Waals surface area contributed by atoms with Gasteiger partial charge in [-0.25, -0.2) is 13.8 Å².